The van der Waals surface area contributed by atoms with E-state index in [0.717, 1.165) is 47.9 Å². The number of ether oxygens (including phenoxy) is 2. The SMILES string of the molecule is Cc1ccc(-c2cccc(F)c2)cc1C1=C(OCN)C2(CCCC2)OC1=O. The number of rotatable bonds is 4. The van der Waals surface area contributed by atoms with Crippen LogP contribution in [-0.4, -0.2) is 18.3 Å². The molecule has 0 radical (unpaired) electrons. The molecule has 4 rings (SSSR count). The second-order valence-electron chi connectivity index (χ2n) is 7.15. The van der Waals surface area contributed by atoms with Crippen molar-refractivity contribution < 1.29 is 18.7 Å². The Labute approximate surface area is 157 Å². The van der Waals surface area contributed by atoms with Crippen molar-refractivity contribution in [3.8, 4) is 11.1 Å². The molecule has 2 aromatic carbocycles. The molecule has 0 bridgehead atoms. The first-order valence-electron chi connectivity index (χ1n) is 9.22. The first kappa shape index (κ1) is 17.7. The molecule has 1 heterocycles. The van der Waals surface area contributed by atoms with Crippen molar-refractivity contribution in [1.82, 2.24) is 0 Å². The van der Waals surface area contributed by atoms with E-state index in [1.165, 1.54) is 12.1 Å². The first-order valence-corrected chi connectivity index (χ1v) is 9.22. The smallest absolute Gasteiger partial charge is 0.343 e. The van der Waals surface area contributed by atoms with Gasteiger partial charge in [0.25, 0.3) is 0 Å². The topological polar surface area (TPSA) is 61.6 Å². The zero-order chi connectivity index (χ0) is 19.0. The van der Waals surface area contributed by atoms with Gasteiger partial charge in [-0.3, -0.25) is 5.73 Å². The predicted molar refractivity (Wildman–Crippen MR) is 101 cm³/mol. The van der Waals surface area contributed by atoms with Gasteiger partial charge in [0.05, 0.1) is 0 Å². The first-order chi connectivity index (χ1) is 13.0. The highest BCUT2D eigenvalue weighted by atomic mass is 19.1. The average molecular weight is 367 g/mol. The number of esters is 1. The average Bonchev–Trinajstić information content (AvgIpc) is 3.21. The molecule has 4 nitrogen and oxygen atoms in total. The van der Waals surface area contributed by atoms with Gasteiger partial charge in [0.2, 0.25) is 0 Å². The molecule has 140 valence electrons. The number of carbonyl (C=O) groups excluding carboxylic acids is 1. The quantitative estimate of drug-likeness (QED) is 0.646. The van der Waals surface area contributed by atoms with Crippen LogP contribution in [0.25, 0.3) is 16.7 Å². The normalized spacial score (nSPS) is 18.3. The summed E-state index contributed by atoms with van der Waals surface area (Å²) in [5, 5.41) is 0. The molecule has 0 amide bonds. The molecular formula is C22H22FNO3. The third-order valence-electron chi connectivity index (χ3n) is 5.44. The Kier molecular flexibility index (Phi) is 4.48. The Morgan fingerprint density at radius 1 is 1.15 bits per heavy atom. The third kappa shape index (κ3) is 3.02. The second-order valence-corrected chi connectivity index (χ2v) is 7.15. The highest BCUT2D eigenvalue weighted by Gasteiger charge is 2.51. The maximum absolute atomic E-state index is 13.6. The number of hydrogen-bond donors (Lipinski definition) is 1. The number of carbonyl (C=O) groups is 1. The van der Waals surface area contributed by atoms with Crippen molar-refractivity contribution in [2.24, 2.45) is 5.73 Å². The van der Waals surface area contributed by atoms with Crippen LogP contribution in [-0.2, 0) is 14.3 Å². The molecule has 2 aliphatic rings. The fourth-order valence-electron chi connectivity index (χ4n) is 4.13. The van der Waals surface area contributed by atoms with Crippen LogP contribution in [0.3, 0.4) is 0 Å². The fourth-order valence-corrected chi connectivity index (χ4v) is 4.13. The lowest BCUT2D eigenvalue weighted by molar-refractivity contribution is -0.146. The maximum Gasteiger partial charge on any atom is 0.343 e. The minimum atomic E-state index is -0.687. The lowest BCUT2D eigenvalue weighted by Gasteiger charge is -2.25. The molecule has 1 aliphatic heterocycles. The molecule has 2 N–H and O–H groups in total. The Morgan fingerprint density at radius 2 is 1.89 bits per heavy atom. The summed E-state index contributed by atoms with van der Waals surface area (Å²) in [7, 11) is 0. The lowest BCUT2D eigenvalue weighted by atomic mass is 9.91. The predicted octanol–water partition coefficient (Wildman–Crippen LogP) is 4.31. The monoisotopic (exact) mass is 367 g/mol. The van der Waals surface area contributed by atoms with Crippen molar-refractivity contribution >= 4 is 11.5 Å². The van der Waals surface area contributed by atoms with Crippen LogP contribution in [0.5, 0.6) is 0 Å². The van der Waals surface area contributed by atoms with Crippen molar-refractivity contribution in [3.63, 3.8) is 0 Å². The Morgan fingerprint density at radius 3 is 2.59 bits per heavy atom. The van der Waals surface area contributed by atoms with E-state index >= 15 is 0 Å². The minimum absolute atomic E-state index is 0.0140. The van der Waals surface area contributed by atoms with Crippen LogP contribution in [0, 0.1) is 12.7 Å². The number of benzene rings is 2. The summed E-state index contributed by atoms with van der Waals surface area (Å²) < 4.78 is 25.2. The van der Waals surface area contributed by atoms with Gasteiger partial charge in [-0.25, -0.2) is 9.18 Å². The summed E-state index contributed by atoms with van der Waals surface area (Å²) in [5.41, 5.74) is 8.66. The highest BCUT2D eigenvalue weighted by molar-refractivity contribution is 6.20. The summed E-state index contributed by atoms with van der Waals surface area (Å²) in [4.78, 5) is 12.8. The van der Waals surface area contributed by atoms with Crippen molar-refractivity contribution in [1.29, 1.82) is 0 Å². The number of hydrogen-bond acceptors (Lipinski definition) is 4. The second kappa shape index (κ2) is 6.82. The van der Waals surface area contributed by atoms with E-state index in [2.05, 4.69) is 0 Å². The van der Waals surface area contributed by atoms with Crippen molar-refractivity contribution in [2.45, 2.75) is 38.2 Å². The van der Waals surface area contributed by atoms with Crippen LogP contribution in [0.15, 0.2) is 48.2 Å². The van der Waals surface area contributed by atoms with Gasteiger partial charge in [-0.1, -0.05) is 24.3 Å². The van der Waals surface area contributed by atoms with Gasteiger partial charge >= 0.3 is 5.97 Å². The lowest BCUT2D eigenvalue weighted by Crippen LogP contribution is -2.30. The zero-order valence-electron chi connectivity index (χ0n) is 15.3. The van der Waals surface area contributed by atoms with Gasteiger partial charge in [0.15, 0.2) is 11.4 Å². The summed E-state index contributed by atoms with van der Waals surface area (Å²) in [6, 6.07) is 12.1. The van der Waals surface area contributed by atoms with E-state index in [4.69, 9.17) is 15.2 Å². The van der Waals surface area contributed by atoms with Crippen LogP contribution in [0.1, 0.15) is 36.8 Å². The van der Waals surface area contributed by atoms with Crippen molar-refractivity contribution in [3.05, 3.63) is 65.2 Å². The van der Waals surface area contributed by atoms with Crippen LogP contribution < -0.4 is 5.73 Å². The van der Waals surface area contributed by atoms with E-state index in [1.807, 2.05) is 31.2 Å². The molecule has 5 heteroatoms. The Balaban J connectivity index is 1.87. The van der Waals surface area contributed by atoms with E-state index in [0.29, 0.717) is 11.3 Å². The summed E-state index contributed by atoms with van der Waals surface area (Å²) in [6.07, 6.45) is 3.47. The molecule has 0 atom stereocenters. The van der Waals surface area contributed by atoms with Gasteiger partial charge in [0, 0.05) is 0 Å². The Bertz CT molecular complexity index is 929. The molecule has 1 aliphatic carbocycles. The van der Waals surface area contributed by atoms with Gasteiger partial charge in [-0.05, 0) is 73.1 Å². The van der Waals surface area contributed by atoms with E-state index in [1.54, 1.807) is 6.07 Å². The Hall–Kier alpha value is -2.66. The summed E-state index contributed by atoms with van der Waals surface area (Å²) >= 11 is 0. The van der Waals surface area contributed by atoms with E-state index < -0.39 is 5.60 Å². The molecule has 2 aromatic rings. The third-order valence-corrected chi connectivity index (χ3v) is 5.44. The highest BCUT2D eigenvalue weighted by Crippen LogP contribution is 2.48. The van der Waals surface area contributed by atoms with Gasteiger partial charge < -0.3 is 9.47 Å². The standard InChI is InChI=1S/C22H22FNO3/c1-14-7-8-16(15-5-4-6-17(23)11-15)12-18(14)19-20(26-13-24)22(27-21(19)25)9-2-3-10-22/h4-8,11-12H,2-3,9-10,13,24H2,1H3. The molecule has 1 saturated carbocycles. The summed E-state index contributed by atoms with van der Waals surface area (Å²) in [5.74, 6) is -0.127. The fraction of sp³-hybridized carbons (Fsp3) is 0.318. The zero-order valence-corrected chi connectivity index (χ0v) is 15.3. The van der Waals surface area contributed by atoms with Gasteiger partial charge in [0.1, 0.15) is 18.1 Å². The maximum atomic E-state index is 13.6. The van der Waals surface area contributed by atoms with E-state index in [9.17, 15) is 9.18 Å². The van der Waals surface area contributed by atoms with Crippen LogP contribution >= 0.6 is 0 Å². The molecule has 0 aromatic heterocycles. The minimum Gasteiger partial charge on any atom is -0.478 e. The molecule has 0 unspecified atom stereocenters. The van der Waals surface area contributed by atoms with Crippen LogP contribution in [0.2, 0.25) is 0 Å². The van der Waals surface area contributed by atoms with Gasteiger partial charge in [-0.2, -0.15) is 0 Å². The molecule has 27 heavy (non-hydrogen) atoms. The number of halogens is 1. The number of aryl methyl sites for hydroxylation is 1. The largest absolute Gasteiger partial charge is 0.478 e. The number of nitrogens with two attached hydrogens (primary N) is 1. The van der Waals surface area contributed by atoms with Crippen molar-refractivity contribution in [2.75, 3.05) is 6.73 Å². The van der Waals surface area contributed by atoms with Crippen LogP contribution in [0.4, 0.5) is 4.39 Å². The molecule has 1 fully saturated rings. The molecule has 1 spiro atoms. The summed E-state index contributed by atoms with van der Waals surface area (Å²) in [6.45, 7) is 1.92. The van der Waals surface area contributed by atoms with Gasteiger partial charge in [-0.15, -0.1) is 0 Å². The van der Waals surface area contributed by atoms with E-state index in [-0.39, 0.29) is 18.5 Å². The molecule has 0 saturated heterocycles. The molecular weight excluding hydrogens is 345 g/mol.